The number of hydrogen-bond acceptors (Lipinski definition) is 5. The maximum atomic E-state index is 10.8. The minimum atomic E-state index is -0.398. The van der Waals surface area contributed by atoms with Gasteiger partial charge in [-0.3, -0.25) is 15.5 Å². The molecular formula is C20H19N5O2. The van der Waals surface area contributed by atoms with Crippen LogP contribution in [0.25, 0.3) is 11.1 Å². The van der Waals surface area contributed by atoms with E-state index in [-0.39, 0.29) is 5.69 Å². The van der Waals surface area contributed by atoms with E-state index in [0.717, 1.165) is 33.6 Å². The fraction of sp³-hybridized carbons (Fsp3) is 0.100. The predicted molar refractivity (Wildman–Crippen MR) is 106 cm³/mol. The van der Waals surface area contributed by atoms with Gasteiger partial charge >= 0.3 is 0 Å². The van der Waals surface area contributed by atoms with Crippen molar-refractivity contribution in [2.75, 3.05) is 5.43 Å². The van der Waals surface area contributed by atoms with Crippen LogP contribution in [0, 0.1) is 24.0 Å². The molecule has 0 aliphatic carbocycles. The molecule has 0 aromatic heterocycles. The van der Waals surface area contributed by atoms with Crippen molar-refractivity contribution < 1.29 is 4.92 Å². The molecule has 0 aliphatic heterocycles. The van der Waals surface area contributed by atoms with Gasteiger partial charge in [-0.05, 0) is 72.5 Å². The van der Waals surface area contributed by atoms with E-state index >= 15 is 0 Å². The standard InChI is InChI=1S/C20H19N5O2/c1-14-13-20(22-24-23-21-17-6-4-3-5-7-17)15(2)12-19(14)16-8-10-18(11-9-16)25(26)27/h3-13H,1-2H3,(H,21,24)(H,22,23). The summed E-state index contributed by atoms with van der Waals surface area (Å²) < 4.78 is 0. The first-order valence-corrected chi connectivity index (χ1v) is 8.37. The molecule has 0 aliphatic rings. The second kappa shape index (κ2) is 8.09. The van der Waals surface area contributed by atoms with Crippen molar-refractivity contribution in [3.63, 3.8) is 0 Å². The van der Waals surface area contributed by atoms with E-state index in [1.807, 2.05) is 56.3 Å². The zero-order valence-electron chi connectivity index (χ0n) is 15.0. The Bertz CT molecular complexity index is 970. The number of aryl methyl sites for hydroxylation is 2. The average Bonchev–Trinajstić information content (AvgIpc) is 2.68. The van der Waals surface area contributed by atoms with Crippen LogP contribution in [0.2, 0.25) is 0 Å². The number of rotatable bonds is 6. The lowest BCUT2D eigenvalue weighted by atomic mass is 9.97. The molecule has 0 saturated heterocycles. The normalized spacial score (nSPS) is 10.7. The Balaban J connectivity index is 1.72. The van der Waals surface area contributed by atoms with Gasteiger partial charge in [0.25, 0.3) is 5.69 Å². The first-order chi connectivity index (χ1) is 13.0. The lowest BCUT2D eigenvalue weighted by molar-refractivity contribution is -0.384. The molecule has 7 heteroatoms. The number of non-ortho nitro benzene ring substituents is 1. The van der Waals surface area contributed by atoms with Gasteiger partial charge in [-0.2, -0.15) is 0 Å². The van der Waals surface area contributed by atoms with Crippen molar-refractivity contribution in [3.05, 3.63) is 88.0 Å². The number of anilines is 1. The Morgan fingerprint density at radius 3 is 2.30 bits per heavy atom. The molecule has 0 heterocycles. The summed E-state index contributed by atoms with van der Waals surface area (Å²) >= 11 is 0. The smallest absolute Gasteiger partial charge is 0.269 e. The highest BCUT2D eigenvalue weighted by atomic mass is 16.6. The van der Waals surface area contributed by atoms with E-state index in [2.05, 4.69) is 21.3 Å². The van der Waals surface area contributed by atoms with E-state index in [1.165, 1.54) is 12.1 Å². The lowest BCUT2D eigenvalue weighted by Crippen LogP contribution is -2.14. The molecule has 0 saturated carbocycles. The van der Waals surface area contributed by atoms with Crippen LogP contribution < -0.4 is 11.0 Å². The molecule has 7 nitrogen and oxygen atoms in total. The van der Waals surface area contributed by atoms with Crippen molar-refractivity contribution in [1.82, 2.24) is 5.53 Å². The van der Waals surface area contributed by atoms with Crippen LogP contribution in [-0.2, 0) is 0 Å². The highest BCUT2D eigenvalue weighted by Gasteiger charge is 2.09. The van der Waals surface area contributed by atoms with Crippen LogP contribution in [0.1, 0.15) is 11.1 Å². The van der Waals surface area contributed by atoms with Gasteiger partial charge in [-0.1, -0.05) is 23.4 Å². The van der Waals surface area contributed by atoms with E-state index in [0.29, 0.717) is 0 Å². The molecule has 0 fully saturated rings. The van der Waals surface area contributed by atoms with Crippen LogP contribution in [0.3, 0.4) is 0 Å². The minimum absolute atomic E-state index is 0.0828. The molecule has 0 atom stereocenters. The van der Waals surface area contributed by atoms with Gasteiger partial charge < -0.3 is 0 Å². The molecule has 0 bridgehead atoms. The molecule has 0 amide bonds. The first kappa shape index (κ1) is 18.1. The highest BCUT2D eigenvalue weighted by Crippen LogP contribution is 2.29. The Kier molecular flexibility index (Phi) is 5.41. The van der Waals surface area contributed by atoms with Gasteiger partial charge in [-0.25, -0.2) is 5.53 Å². The maximum absolute atomic E-state index is 10.8. The van der Waals surface area contributed by atoms with Crippen LogP contribution >= 0.6 is 0 Å². The quantitative estimate of drug-likeness (QED) is 0.345. The summed E-state index contributed by atoms with van der Waals surface area (Å²) in [5, 5.41) is 18.8. The molecule has 0 radical (unpaired) electrons. The summed E-state index contributed by atoms with van der Waals surface area (Å²) in [6.45, 7) is 3.97. The second-order valence-electron chi connectivity index (χ2n) is 6.06. The maximum Gasteiger partial charge on any atom is 0.269 e. The molecule has 0 spiro atoms. The number of hydrazine groups is 1. The van der Waals surface area contributed by atoms with Gasteiger partial charge in [0.15, 0.2) is 0 Å². The summed E-state index contributed by atoms with van der Waals surface area (Å²) in [6.07, 6.45) is 0. The molecule has 136 valence electrons. The number of nitrogens with one attached hydrogen (secondary N) is 2. The van der Waals surface area contributed by atoms with Gasteiger partial charge in [0.1, 0.15) is 0 Å². The molecule has 2 N–H and O–H groups in total. The van der Waals surface area contributed by atoms with Crippen LogP contribution in [0.4, 0.5) is 17.1 Å². The van der Waals surface area contributed by atoms with Crippen LogP contribution in [0.15, 0.2) is 77.1 Å². The minimum Gasteiger partial charge on any atom is -0.284 e. The van der Waals surface area contributed by atoms with E-state index in [9.17, 15) is 10.1 Å². The van der Waals surface area contributed by atoms with Crippen molar-refractivity contribution >= 4 is 17.1 Å². The lowest BCUT2D eigenvalue weighted by Gasteiger charge is -2.13. The van der Waals surface area contributed by atoms with Gasteiger partial charge in [-0.15, -0.1) is 5.11 Å². The largest absolute Gasteiger partial charge is 0.284 e. The van der Waals surface area contributed by atoms with E-state index in [1.54, 1.807) is 12.1 Å². The third-order valence-corrected chi connectivity index (χ3v) is 4.12. The molecule has 3 aromatic rings. The van der Waals surface area contributed by atoms with Crippen LogP contribution in [-0.4, -0.2) is 4.92 Å². The topological polar surface area (TPSA) is 91.9 Å². The van der Waals surface area contributed by atoms with E-state index < -0.39 is 4.92 Å². The average molecular weight is 361 g/mol. The Morgan fingerprint density at radius 1 is 0.926 bits per heavy atom. The third-order valence-electron chi connectivity index (χ3n) is 4.12. The summed E-state index contributed by atoms with van der Waals surface area (Å²) in [5.41, 5.74) is 11.5. The number of hydrogen-bond donors (Lipinski definition) is 2. The van der Waals surface area contributed by atoms with Gasteiger partial charge in [0.2, 0.25) is 0 Å². The molecular weight excluding hydrogens is 342 g/mol. The fourth-order valence-electron chi connectivity index (χ4n) is 2.69. The Hall–Kier alpha value is -3.74. The fourth-order valence-corrected chi connectivity index (χ4v) is 2.69. The van der Waals surface area contributed by atoms with Crippen molar-refractivity contribution in [3.8, 4) is 11.1 Å². The summed E-state index contributed by atoms with van der Waals surface area (Å²) in [4.78, 5) is 10.4. The summed E-state index contributed by atoms with van der Waals surface area (Å²) in [6, 6.07) is 20.0. The number of benzene rings is 3. The summed E-state index contributed by atoms with van der Waals surface area (Å²) in [5.74, 6) is 0. The Morgan fingerprint density at radius 2 is 1.63 bits per heavy atom. The number of nitro benzene ring substituents is 1. The van der Waals surface area contributed by atoms with Crippen molar-refractivity contribution in [2.45, 2.75) is 13.8 Å². The number of nitro groups is 1. The molecule has 0 unspecified atom stereocenters. The zero-order chi connectivity index (χ0) is 19.2. The summed E-state index contributed by atoms with van der Waals surface area (Å²) in [7, 11) is 0. The van der Waals surface area contributed by atoms with Crippen LogP contribution in [0.5, 0.6) is 0 Å². The molecule has 3 aromatic carbocycles. The second-order valence-corrected chi connectivity index (χ2v) is 6.06. The van der Waals surface area contributed by atoms with Crippen molar-refractivity contribution in [2.24, 2.45) is 10.3 Å². The first-order valence-electron chi connectivity index (χ1n) is 8.37. The Labute approximate surface area is 156 Å². The van der Waals surface area contributed by atoms with Gasteiger partial charge in [0, 0.05) is 12.1 Å². The number of nitrogens with zero attached hydrogens (tertiary/aromatic N) is 3. The highest BCUT2D eigenvalue weighted by molar-refractivity contribution is 5.72. The van der Waals surface area contributed by atoms with Crippen molar-refractivity contribution in [1.29, 1.82) is 0 Å². The molecule has 27 heavy (non-hydrogen) atoms. The predicted octanol–water partition coefficient (Wildman–Crippen LogP) is 5.49. The van der Waals surface area contributed by atoms with E-state index in [4.69, 9.17) is 0 Å². The third kappa shape index (κ3) is 4.46. The van der Waals surface area contributed by atoms with Gasteiger partial charge in [0.05, 0.1) is 16.3 Å². The molecule has 3 rings (SSSR count). The monoisotopic (exact) mass is 361 g/mol. The SMILES string of the molecule is Cc1cc(-c2ccc([N+](=O)[O-])cc2)c(C)cc1NNN=Nc1ccccc1. The zero-order valence-corrected chi connectivity index (χ0v) is 15.0.